The summed E-state index contributed by atoms with van der Waals surface area (Å²) in [5.41, 5.74) is 10.6. The first-order valence-electron chi connectivity index (χ1n) is 10.6. The number of aliphatic carboxylic acids is 1. The highest BCUT2D eigenvalue weighted by Crippen LogP contribution is 2.07. The minimum atomic E-state index is -1.27. The summed E-state index contributed by atoms with van der Waals surface area (Å²) in [4.78, 5) is 52.9. The lowest BCUT2D eigenvalue weighted by Gasteiger charge is -2.25. The monoisotopic (exact) mass is 457 g/mol. The van der Waals surface area contributed by atoms with Crippen LogP contribution in [0.4, 0.5) is 0 Å². The fourth-order valence-electron chi connectivity index (χ4n) is 3.19. The van der Waals surface area contributed by atoms with Crippen LogP contribution in [0.15, 0.2) is 4.99 Å². The SMILES string of the molecule is CC(C)[C@H](NC(=O)[C@H](CCCN=C(N)N)NC(=O)[C@H](CO)NC(=O)[C@@H]1CCCN1)C(=O)O. The van der Waals surface area contributed by atoms with Crippen molar-refractivity contribution in [2.75, 3.05) is 19.7 Å². The van der Waals surface area contributed by atoms with E-state index < -0.39 is 60.4 Å². The van der Waals surface area contributed by atoms with Gasteiger partial charge in [0.05, 0.1) is 12.6 Å². The minimum absolute atomic E-state index is 0.106. The van der Waals surface area contributed by atoms with Crippen LogP contribution in [-0.2, 0) is 19.2 Å². The standard InChI is InChI=1S/C19H35N7O6/c1-10(2)14(18(31)32)26-16(29)12(6-4-8-23-19(20)21)24-17(30)13(9-27)25-15(28)11-5-3-7-22-11/h10-14,22,27H,3-9H2,1-2H3,(H,24,30)(H,25,28)(H,26,29)(H,31,32)(H4,20,21,23)/t11-,12-,13-,14-/m0/s1. The van der Waals surface area contributed by atoms with Gasteiger partial charge in [-0.2, -0.15) is 0 Å². The molecule has 3 amide bonds. The molecule has 0 saturated carbocycles. The molecule has 10 N–H and O–H groups in total. The van der Waals surface area contributed by atoms with Gasteiger partial charge >= 0.3 is 5.97 Å². The molecule has 1 heterocycles. The van der Waals surface area contributed by atoms with Crippen molar-refractivity contribution in [2.45, 2.75) is 63.7 Å². The molecule has 0 aromatic rings. The number of nitrogens with zero attached hydrogens (tertiary/aromatic N) is 1. The lowest BCUT2D eigenvalue weighted by molar-refractivity contribution is -0.143. The Hall–Kier alpha value is -2.93. The van der Waals surface area contributed by atoms with Crippen molar-refractivity contribution in [3.05, 3.63) is 0 Å². The second-order valence-corrected chi connectivity index (χ2v) is 7.97. The maximum atomic E-state index is 12.7. The van der Waals surface area contributed by atoms with Crippen LogP contribution in [0.3, 0.4) is 0 Å². The van der Waals surface area contributed by atoms with Crippen LogP contribution in [0.1, 0.15) is 39.5 Å². The van der Waals surface area contributed by atoms with Gasteiger partial charge in [0, 0.05) is 6.54 Å². The molecule has 1 aliphatic heterocycles. The van der Waals surface area contributed by atoms with Crippen LogP contribution in [0.25, 0.3) is 0 Å². The van der Waals surface area contributed by atoms with Crippen LogP contribution in [0.5, 0.6) is 0 Å². The second kappa shape index (κ2) is 13.5. The Kier molecular flexibility index (Phi) is 11.4. The Labute approximate surface area is 186 Å². The van der Waals surface area contributed by atoms with Crippen LogP contribution in [0, 0.1) is 5.92 Å². The van der Waals surface area contributed by atoms with Gasteiger partial charge in [0.25, 0.3) is 0 Å². The van der Waals surface area contributed by atoms with Gasteiger partial charge in [-0.15, -0.1) is 0 Å². The molecule has 182 valence electrons. The topological polar surface area (TPSA) is 221 Å². The van der Waals surface area contributed by atoms with Gasteiger partial charge in [0.2, 0.25) is 17.7 Å². The van der Waals surface area contributed by atoms with E-state index in [1.54, 1.807) is 13.8 Å². The normalized spacial score (nSPS) is 18.3. The van der Waals surface area contributed by atoms with E-state index in [4.69, 9.17) is 11.5 Å². The molecule has 1 rings (SSSR count). The molecule has 0 aromatic heterocycles. The molecule has 4 atom stereocenters. The third-order valence-corrected chi connectivity index (χ3v) is 5.00. The summed E-state index contributed by atoms with van der Waals surface area (Å²) >= 11 is 0. The van der Waals surface area contributed by atoms with E-state index in [1.165, 1.54) is 0 Å². The molecular weight excluding hydrogens is 422 g/mol. The zero-order valence-electron chi connectivity index (χ0n) is 18.5. The first-order chi connectivity index (χ1) is 15.1. The summed E-state index contributed by atoms with van der Waals surface area (Å²) < 4.78 is 0. The summed E-state index contributed by atoms with van der Waals surface area (Å²) in [6.07, 6.45) is 1.87. The van der Waals surface area contributed by atoms with Crippen molar-refractivity contribution in [1.82, 2.24) is 21.3 Å². The van der Waals surface area contributed by atoms with Crippen LogP contribution in [-0.4, -0.2) is 83.7 Å². The van der Waals surface area contributed by atoms with E-state index in [-0.39, 0.29) is 18.9 Å². The number of carboxylic acid groups (broad SMARTS) is 1. The number of carbonyl (C=O) groups excluding carboxylic acids is 3. The summed E-state index contributed by atoms with van der Waals surface area (Å²) in [6, 6.07) is -3.98. The maximum Gasteiger partial charge on any atom is 0.326 e. The number of amides is 3. The van der Waals surface area contributed by atoms with Crippen LogP contribution in [0.2, 0.25) is 0 Å². The Morgan fingerprint density at radius 3 is 2.25 bits per heavy atom. The van der Waals surface area contributed by atoms with E-state index in [2.05, 4.69) is 26.3 Å². The van der Waals surface area contributed by atoms with Gasteiger partial charge in [-0.25, -0.2) is 4.79 Å². The number of hydrogen-bond donors (Lipinski definition) is 8. The maximum absolute atomic E-state index is 12.7. The number of rotatable bonds is 13. The van der Waals surface area contributed by atoms with Gasteiger partial charge in [-0.3, -0.25) is 19.4 Å². The Bertz CT molecular complexity index is 690. The Morgan fingerprint density at radius 1 is 1.09 bits per heavy atom. The largest absolute Gasteiger partial charge is 0.480 e. The summed E-state index contributed by atoms with van der Waals surface area (Å²) in [5, 5.41) is 29.3. The number of hydrogen-bond acceptors (Lipinski definition) is 7. The summed E-state index contributed by atoms with van der Waals surface area (Å²) in [7, 11) is 0. The Balaban J connectivity index is 2.85. The lowest BCUT2D eigenvalue weighted by Crippen LogP contribution is -2.58. The van der Waals surface area contributed by atoms with E-state index in [0.29, 0.717) is 19.4 Å². The molecule has 13 nitrogen and oxygen atoms in total. The van der Waals surface area contributed by atoms with Gasteiger partial charge in [0.15, 0.2) is 5.96 Å². The molecular formula is C19H35N7O6. The minimum Gasteiger partial charge on any atom is -0.480 e. The third kappa shape index (κ3) is 9.06. The van der Waals surface area contributed by atoms with Gasteiger partial charge in [-0.05, 0) is 38.1 Å². The molecule has 0 unspecified atom stereocenters. The lowest BCUT2D eigenvalue weighted by atomic mass is 10.0. The molecule has 13 heteroatoms. The molecule has 0 aromatic carbocycles. The predicted octanol–water partition coefficient (Wildman–Crippen LogP) is -3.02. The number of carbonyl (C=O) groups is 4. The van der Waals surface area contributed by atoms with Crippen molar-refractivity contribution in [3.63, 3.8) is 0 Å². The number of guanidine groups is 1. The number of carboxylic acids is 1. The van der Waals surface area contributed by atoms with Gasteiger partial charge in [0.1, 0.15) is 18.1 Å². The average Bonchev–Trinajstić information content (AvgIpc) is 3.26. The van der Waals surface area contributed by atoms with Crippen molar-refractivity contribution in [1.29, 1.82) is 0 Å². The zero-order chi connectivity index (χ0) is 24.3. The summed E-state index contributed by atoms with van der Waals surface area (Å²) in [5.74, 6) is -3.61. The molecule has 0 spiro atoms. The fourth-order valence-corrected chi connectivity index (χ4v) is 3.19. The first-order valence-corrected chi connectivity index (χ1v) is 10.6. The second-order valence-electron chi connectivity index (χ2n) is 7.97. The van der Waals surface area contributed by atoms with Crippen molar-refractivity contribution < 1.29 is 29.4 Å². The highest BCUT2D eigenvalue weighted by molar-refractivity contribution is 5.94. The highest BCUT2D eigenvalue weighted by atomic mass is 16.4. The first kappa shape index (κ1) is 27.1. The van der Waals surface area contributed by atoms with E-state index in [0.717, 1.165) is 6.42 Å². The summed E-state index contributed by atoms with van der Waals surface area (Å²) in [6.45, 7) is 3.49. The molecule has 0 aliphatic carbocycles. The fraction of sp³-hybridized carbons (Fsp3) is 0.737. The van der Waals surface area contributed by atoms with Gasteiger partial charge in [-0.1, -0.05) is 13.8 Å². The number of nitrogens with two attached hydrogens (primary N) is 2. The zero-order valence-corrected chi connectivity index (χ0v) is 18.5. The molecule has 1 saturated heterocycles. The van der Waals surface area contributed by atoms with Crippen molar-refractivity contribution >= 4 is 29.7 Å². The number of aliphatic imine (C=N–C) groups is 1. The van der Waals surface area contributed by atoms with Crippen molar-refractivity contribution in [3.8, 4) is 0 Å². The number of aliphatic hydroxyl groups excluding tert-OH is 1. The van der Waals surface area contributed by atoms with Crippen molar-refractivity contribution in [2.24, 2.45) is 22.4 Å². The Morgan fingerprint density at radius 2 is 1.75 bits per heavy atom. The molecule has 0 bridgehead atoms. The van der Waals surface area contributed by atoms with Crippen LogP contribution >= 0.6 is 0 Å². The molecule has 1 aliphatic rings. The highest BCUT2D eigenvalue weighted by Gasteiger charge is 2.31. The van der Waals surface area contributed by atoms with Gasteiger partial charge < -0.3 is 42.9 Å². The smallest absolute Gasteiger partial charge is 0.326 e. The van der Waals surface area contributed by atoms with E-state index in [1.807, 2.05) is 0 Å². The third-order valence-electron chi connectivity index (χ3n) is 5.00. The predicted molar refractivity (Wildman–Crippen MR) is 116 cm³/mol. The number of aliphatic hydroxyl groups is 1. The molecule has 0 radical (unpaired) electrons. The quantitative estimate of drug-likeness (QED) is 0.0799. The van der Waals surface area contributed by atoms with E-state index >= 15 is 0 Å². The average molecular weight is 458 g/mol. The number of nitrogens with one attached hydrogen (secondary N) is 4. The molecule has 32 heavy (non-hydrogen) atoms. The molecule has 1 fully saturated rings. The van der Waals surface area contributed by atoms with E-state index in [9.17, 15) is 29.4 Å². The van der Waals surface area contributed by atoms with Crippen LogP contribution < -0.4 is 32.7 Å².